The second-order valence-corrected chi connectivity index (χ2v) is 8.23. The summed E-state index contributed by atoms with van der Waals surface area (Å²) < 4.78 is 1.69. The standard InChI is InChI=1S/C24H23N7O2/c1-26-24(33)19-11-27-22(30-23(32)13-6-7-13)21-17(19)8-20(29-21)16-5-3-4-15(18(16)9-25)14-10-28-31(2)12-14/h3-5,8,10-13,24,26,29,33H,6-7H2,1-2H3,(H,27,30,32). The van der Waals surface area contributed by atoms with Crippen LogP contribution < -0.4 is 10.6 Å². The van der Waals surface area contributed by atoms with E-state index in [0.29, 0.717) is 39.1 Å². The smallest absolute Gasteiger partial charge is 0.228 e. The van der Waals surface area contributed by atoms with Crippen LogP contribution in [0.5, 0.6) is 0 Å². The molecule has 9 nitrogen and oxygen atoms in total. The van der Waals surface area contributed by atoms with Crippen LogP contribution in [-0.2, 0) is 11.8 Å². The van der Waals surface area contributed by atoms with E-state index in [2.05, 4.69) is 31.8 Å². The van der Waals surface area contributed by atoms with E-state index < -0.39 is 6.23 Å². The first kappa shape index (κ1) is 20.9. The molecule has 1 aliphatic rings. The number of H-pyrrole nitrogens is 1. The quantitative estimate of drug-likeness (QED) is 0.340. The molecule has 0 saturated heterocycles. The number of aliphatic hydroxyl groups is 1. The van der Waals surface area contributed by atoms with E-state index >= 15 is 0 Å². The Morgan fingerprint density at radius 1 is 1.33 bits per heavy atom. The molecule has 4 N–H and O–H groups in total. The summed E-state index contributed by atoms with van der Waals surface area (Å²) in [6, 6.07) is 9.86. The second-order valence-electron chi connectivity index (χ2n) is 8.23. The summed E-state index contributed by atoms with van der Waals surface area (Å²) in [5.74, 6) is 0.375. The molecule has 9 heteroatoms. The first-order valence-electron chi connectivity index (χ1n) is 10.7. The molecule has 3 heterocycles. The Morgan fingerprint density at radius 3 is 2.79 bits per heavy atom. The van der Waals surface area contributed by atoms with Crippen molar-refractivity contribution in [3.8, 4) is 28.5 Å². The van der Waals surface area contributed by atoms with Crippen molar-refractivity contribution in [3.05, 3.63) is 54.0 Å². The second kappa shape index (κ2) is 8.16. The number of hydrogen-bond donors (Lipinski definition) is 4. The van der Waals surface area contributed by atoms with Crippen molar-refractivity contribution in [3.63, 3.8) is 0 Å². The molecular weight excluding hydrogens is 418 g/mol. The average Bonchev–Trinajstić information content (AvgIpc) is 3.44. The maximum absolute atomic E-state index is 12.4. The highest BCUT2D eigenvalue weighted by atomic mass is 16.3. The first-order chi connectivity index (χ1) is 16.0. The fourth-order valence-corrected chi connectivity index (χ4v) is 4.01. The maximum Gasteiger partial charge on any atom is 0.228 e. The molecule has 0 spiro atoms. The van der Waals surface area contributed by atoms with Crippen LogP contribution in [0.25, 0.3) is 33.3 Å². The lowest BCUT2D eigenvalue weighted by Crippen LogP contribution is -2.17. The van der Waals surface area contributed by atoms with Gasteiger partial charge >= 0.3 is 0 Å². The summed E-state index contributed by atoms with van der Waals surface area (Å²) >= 11 is 0. The number of carbonyl (C=O) groups excluding carboxylic acids is 1. The number of amides is 1. The third-order valence-corrected chi connectivity index (χ3v) is 5.94. The Kier molecular flexibility index (Phi) is 5.17. The Labute approximate surface area is 190 Å². The van der Waals surface area contributed by atoms with Gasteiger partial charge in [-0.15, -0.1) is 0 Å². The SMILES string of the molecule is CNC(O)c1cnc(NC(=O)C2CC2)c2[nH]c(-c3cccc(-c4cnn(C)c4)c3C#N)cc12. The summed E-state index contributed by atoms with van der Waals surface area (Å²) in [5.41, 5.74) is 4.69. The number of fused-ring (bicyclic) bond motifs is 1. The fraction of sp³-hybridized carbons (Fsp3) is 0.250. The van der Waals surface area contributed by atoms with E-state index in [1.807, 2.05) is 37.5 Å². The highest BCUT2D eigenvalue weighted by Gasteiger charge is 2.30. The van der Waals surface area contributed by atoms with Crippen LogP contribution >= 0.6 is 0 Å². The third kappa shape index (κ3) is 3.75. The van der Waals surface area contributed by atoms with Crippen molar-refractivity contribution in [1.82, 2.24) is 25.1 Å². The number of benzene rings is 1. The largest absolute Gasteiger partial charge is 0.374 e. The number of rotatable bonds is 6. The Bertz CT molecular complexity index is 1410. The summed E-state index contributed by atoms with van der Waals surface area (Å²) in [5, 5.41) is 31.1. The lowest BCUT2D eigenvalue weighted by Gasteiger charge is -2.12. The number of aliphatic hydroxyl groups excluding tert-OH is 1. The highest BCUT2D eigenvalue weighted by Crippen LogP contribution is 2.37. The number of carbonyl (C=O) groups is 1. The van der Waals surface area contributed by atoms with Crippen LogP contribution in [-0.4, -0.2) is 37.8 Å². The molecule has 5 rings (SSSR count). The van der Waals surface area contributed by atoms with Gasteiger partial charge in [0.1, 0.15) is 12.3 Å². The number of nitrogens with one attached hydrogen (secondary N) is 3. The molecule has 1 aliphatic carbocycles. The molecular formula is C24H23N7O2. The number of aryl methyl sites for hydroxylation is 1. The van der Waals surface area contributed by atoms with Gasteiger partial charge in [-0.1, -0.05) is 18.2 Å². The zero-order valence-corrected chi connectivity index (χ0v) is 18.3. The number of hydrogen-bond acceptors (Lipinski definition) is 6. The predicted molar refractivity (Wildman–Crippen MR) is 124 cm³/mol. The Hall–Kier alpha value is -4.00. The molecule has 1 unspecified atom stereocenters. The van der Waals surface area contributed by atoms with Crippen LogP contribution in [0.2, 0.25) is 0 Å². The first-order valence-corrected chi connectivity index (χ1v) is 10.7. The van der Waals surface area contributed by atoms with E-state index in [4.69, 9.17) is 0 Å². The fourth-order valence-electron chi connectivity index (χ4n) is 4.01. The lowest BCUT2D eigenvalue weighted by atomic mass is 9.96. The van der Waals surface area contributed by atoms with Crippen LogP contribution in [0.1, 0.15) is 30.2 Å². The number of aromatic amines is 1. The molecule has 1 atom stereocenters. The summed E-state index contributed by atoms with van der Waals surface area (Å²) in [4.78, 5) is 20.1. The normalized spacial score (nSPS) is 14.2. The monoisotopic (exact) mass is 441 g/mol. The Balaban J connectivity index is 1.67. The van der Waals surface area contributed by atoms with E-state index in [1.54, 1.807) is 24.1 Å². The van der Waals surface area contributed by atoms with E-state index in [0.717, 1.165) is 24.0 Å². The molecule has 1 fully saturated rings. The minimum atomic E-state index is -0.936. The molecule has 33 heavy (non-hydrogen) atoms. The summed E-state index contributed by atoms with van der Waals surface area (Å²) in [7, 11) is 3.48. The number of nitrogens with zero attached hydrogens (tertiary/aromatic N) is 4. The zero-order chi connectivity index (χ0) is 23.1. The number of anilines is 1. The highest BCUT2D eigenvalue weighted by molar-refractivity contribution is 6.03. The van der Waals surface area contributed by atoms with Crippen LogP contribution in [0, 0.1) is 17.2 Å². The van der Waals surface area contributed by atoms with E-state index in [9.17, 15) is 15.2 Å². The van der Waals surface area contributed by atoms with Crippen LogP contribution in [0.4, 0.5) is 5.82 Å². The number of aromatic nitrogens is 4. The van der Waals surface area contributed by atoms with Gasteiger partial charge in [0.25, 0.3) is 0 Å². The molecule has 1 aromatic carbocycles. The van der Waals surface area contributed by atoms with Gasteiger partial charge < -0.3 is 15.4 Å². The number of nitriles is 1. The molecule has 1 saturated carbocycles. The molecule has 0 bridgehead atoms. The predicted octanol–water partition coefficient (Wildman–Crippen LogP) is 3.06. The molecule has 0 aliphatic heterocycles. The van der Waals surface area contributed by atoms with Gasteiger partial charge in [0, 0.05) is 58.7 Å². The van der Waals surface area contributed by atoms with Crippen molar-refractivity contribution in [2.24, 2.45) is 13.0 Å². The zero-order valence-electron chi connectivity index (χ0n) is 18.3. The van der Waals surface area contributed by atoms with Crippen molar-refractivity contribution in [1.29, 1.82) is 5.26 Å². The van der Waals surface area contributed by atoms with Crippen molar-refractivity contribution in [2.45, 2.75) is 19.1 Å². The van der Waals surface area contributed by atoms with Crippen molar-refractivity contribution in [2.75, 3.05) is 12.4 Å². The molecule has 3 aromatic heterocycles. The molecule has 4 aromatic rings. The third-order valence-electron chi connectivity index (χ3n) is 5.94. The molecule has 166 valence electrons. The average molecular weight is 441 g/mol. The number of pyridine rings is 1. The van der Waals surface area contributed by atoms with E-state index in [-0.39, 0.29) is 11.8 Å². The lowest BCUT2D eigenvalue weighted by molar-refractivity contribution is -0.117. The van der Waals surface area contributed by atoms with Gasteiger partial charge in [-0.3, -0.25) is 14.8 Å². The minimum absolute atomic E-state index is 0.0280. The summed E-state index contributed by atoms with van der Waals surface area (Å²) in [6.07, 6.45) is 5.97. The van der Waals surface area contributed by atoms with Gasteiger partial charge in [-0.25, -0.2) is 4.98 Å². The van der Waals surface area contributed by atoms with Gasteiger partial charge in [0.05, 0.1) is 17.3 Å². The van der Waals surface area contributed by atoms with Gasteiger partial charge in [0.15, 0.2) is 5.82 Å². The maximum atomic E-state index is 12.4. The van der Waals surface area contributed by atoms with Crippen molar-refractivity contribution < 1.29 is 9.90 Å². The van der Waals surface area contributed by atoms with Crippen LogP contribution in [0.3, 0.4) is 0 Å². The Morgan fingerprint density at radius 2 is 2.12 bits per heavy atom. The van der Waals surface area contributed by atoms with Gasteiger partial charge in [0.2, 0.25) is 5.91 Å². The molecule has 0 radical (unpaired) electrons. The minimum Gasteiger partial charge on any atom is -0.374 e. The van der Waals surface area contributed by atoms with Crippen molar-refractivity contribution >= 4 is 22.6 Å². The van der Waals surface area contributed by atoms with Gasteiger partial charge in [-0.05, 0) is 26.0 Å². The van der Waals surface area contributed by atoms with Crippen LogP contribution in [0.15, 0.2) is 42.9 Å². The van der Waals surface area contributed by atoms with Gasteiger partial charge in [-0.2, -0.15) is 10.4 Å². The summed E-state index contributed by atoms with van der Waals surface area (Å²) in [6.45, 7) is 0. The molecule has 1 amide bonds. The van der Waals surface area contributed by atoms with E-state index in [1.165, 1.54) is 0 Å². The topological polar surface area (TPSA) is 132 Å².